The van der Waals surface area contributed by atoms with E-state index in [1.54, 1.807) is 6.20 Å². The van der Waals surface area contributed by atoms with Gasteiger partial charge in [0.2, 0.25) is 0 Å². The second kappa shape index (κ2) is 5.44. The molecule has 1 aromatic rings. The number of nitrogens with one attached hydrogen (secondary N) is 1. The van der Waals surface area contributed by atoms with E-state index in [2.05, 4.69) is 30.9 Å². The van der Waals surface area contributed by atoms with Gasteiger partial charge in [-0.1, -0.05) is 0 Å². The van der Waals surface area contributed by atoms with Crippen molar-refractivity contribution >= 4 is 12.2 Å². The molecule has 0 aliphatic carbocycles. The third-order valence-corrected chi connectivity index (χ3v) is 2.80. The Kier molecular flexibility index (Phi) is 4.50. The minimum absolute atomic E-state index is 0.0272. The van der Waals surface area contributed by atoms with Crippen LogP contribution in [0.15, 0.2) is 6.20 Å². The zero-order valence-electron chi connectivity index (χ0n) is 9.53. The largest absolute Gasteiger partial charge is 0.390 e. The van der Waals surface area contributed by atoms with Crippen molar-refractivity contribution in [2.75, 3.05) is 20.6 Å². The predicted molar refractivity (Wildman–Crippen MR) is 63.4 cm³/mol. The van der Waals surface area contributed by atoms with E-state index >= 15 is 0 Å². The van der Waals surface area contributed by atoms with Gasteiger partial charge in [0.1, 0.15) is 0 Å². The minimum atomic E-state index is 0.0272. The molecule has 1 aromatic heterocycles. The Morgan fingerprint density at radius 2 is 2.27 bits per heavy atom. The van der Waals surface area contributed by atoms with Gasteiger partial charge in [-0.2, -0.15) is 0 Å². The van der Waals surface area contributed by atoms with Crippen molar-refractivity contribution in [2.24, 2.45) is 0 Å². The van der Waals surface area contributed by atoms with Crippen LogP contribution >= 0.6 is 12.2 Å². The lowest BCUT2D eigenvalue weighted by Crippen LogP contribution is -2.18. The van der Waals surface area contributed by atoms with Crippen LogP contribution in [-0.2, 0) is 6.61 Å². The molecule has 0 spiro atoms. The monoisotopic (exact) mass is 229 g/mol. The molecular formula is C10H19N3OS. The maximum atomic E-state index is 9.16. The van der Waals surface area contributed by atoms with Crippen LogP contribution in [0.2, 0.25) is 0 Å². The molecule has 0 radical (unpaired) electrons. The Bertz CT molecular complexity index is 356. The molecule has 5 heteroatoms. The van der Waals surface area contributed by atoms with E-state index in [4.69, 9.17) is 17.3 Å². The molecule has 0 aliphatic rings. The molecule has 0 saturated carbocycles. The number of hydrogen-bond donors (Lipinski definition) is 2. The Labute approximate surface area is 95.5 Å². The number of H-pyrrole nitrogens is 1. The number of aliphatic hydroxyl groups is 1. The summed E-state index contributed by atoms with van der Waals surface area (Å²) in [5.41, 5.74) is 0.853. The number of imidazole rings is 1. The first-order valence-corrected chi connectivity index (χ1v) is 5.51. The molecular weight excluding hydrogens is 210 g/mol. The summed E-state index contributed by atoms with van der Waals surface area (Å²) in [4.78, 5) is 5.11. The lowest BCUT2D eigenvalue weighted by Gasteiger charge is -2.18. The van der Waals surface area contributed by atoms with Gasteiger partial charge >= 0.3 is 0 Å². The topological polar surface area (TPSA) is 44.2 Å². The fraction of sp³-hybridized carbons (Fsp3) is 0.700. The van der Waals surface area contributed by atoms with E-state index in [9.17, 15) is 0 Å². The summed E-state index contributed by atoms with van der Waals surface area (Å²) in [7, 11) is 4.10. The maximum Gasteiger partial charge on any atom is 0.177 e. The molecule has 0 saturated heterocycles. The van der Waals surface area contributed by atoms with Crippen LogP contribution in [0.3, 0.4) is 0 Å². The molecule has 0 bridgehead atoms. The number of nitrogens with zero attached hydrogens (tertiary/aromatic N) is 2. The summed E-state index contributed by atoms with van der Waals surface area (Å²) in [6, 6.07) is 0.313. The van der Waals surface area contributed by atoms with E-state index in [-0.39, 0.29) is 6.61 Å². The smallest absolute Gasteiger partial charge is 0.177 e. The molecule has 1 heterocycles. The minimum Gasteiger partial charge on any atom is -0.390 e. The van der Waals surface area contributed by atoms with Gasteiger partial charge < -0.3 is 19.6 Å². The second-order valence-electron chi connectivity index (χ2n) is 4.05. The molecule has 4 nitrogen and oxygen atoms in total. The first kappa shape index (κ1) is 12.4. The lowest BCUT2D eigenvalue weighted by atomic mass is 10.2. The van der Waals surface area contributed by atoms with E-state index in [0.717, 1.165) is 18.7 Å². The number of aromatic nitrogens is 2. The highest BCUT2D eigenvalue weighted by Crippen LogP contribution is 2.15. The highest BCUT2D eigenvalue weighted by atomic mass is 32.1. The van der Waals surface area contributed by atoms with Gasteiger partial charge in [-0.05, 0) is 46.2 Å². The molecule has 15 heavy (non-hydrogen) atoms. The summed E-state index contributed by atoms with van der Waals surface area (Å²) in [6.45, 7) is 3.16. The third kappa shape index (κ3) is 3.15. The lowest BCUT2D eigenvalue weighted by molar-refractivity contribution is 0.263. The van der Waals surface area contributed by atoms with Crippen molar-refractivity contribution in [2.45, 2.75) is 26.0 Å². The van der Waals surface area contributed by atoms with Gasteiger partial charge in [0.25, 0.3) is 0 Å². The molecule has 1 unspecified atom stereocenters. The molecule has 0 fully saturated rings. The van der Waals surface area contributed by atoms with Crippen molar-refractivity contribution in [3.63, 3.8) is 0 Å². The zero-order chi connectivity index (χ0) is 11.4. The summed E-state index contributed by atoms with van der Waals surface area (Å²) >= 11 is 5.18. The van der Waals surface area contributed by atoms with Crippen LogP contribution < -0.4 is 0 Å². The third-order valence-electron chi connectivity index (χ3n) is 2.49. The summed E-state index contributed by atoms with van der Waals surface area (Å²) in [5, 5.41) is 9.16. The standard InChI is InChI=1S/C10H19N3OS/c1-8(4-5-12(2)3)13-9(7-14)6-11-10(13)15/h6,8,14H,4-5,7H2,1-3H3,(H,11,15). The van der Waals surface area contributed by atoms with Crippen LogP contribution in [0, 0.1) is 4.77 Å². The number of hydrogen-bond acceptors (Lipinski definition) is 3. The van der Waals surface area contributed by atoms with Crippen LogP contribution in [-0.4, -0.2) is 40.2 Å². The second-order valence-corrected chi connectivity index (χ2v) is 4.44. The molecule has 1 rings (SSSR count). The van der Waals surface area contributed by atoms with Crippen LogP contribution in [0.5, 0.6) is 0 Å². The fourth-order valence-corrected chi connectivity index (χ4v) is 1.95. The summed E-state index contributed by atoms with van der Waals surface area (Å²) < 4.78 is 2.67. The maximum absolute atomic E-state index is 9.16. The zero-order valence-corrected chi connectivity index (χ0v) is 10.3. The number of rotatable bonds is 5. The number of aromatic amines is 1. The number of aliphatic hydroxyl groups excluding tert-OH is 1. The van der Waals surface area contributed by atoms with E-state index in [1.165, 1.54) is 0 Å². The Balaban J connectivity index is 2.76. The van der Waals surface area contributed by atoms with Gasteiger partial charge in [0.15, 0.2) is 4.77 Å². The van der Waals surface area contributed by atoms with Gasteiger partial charge in [0.05, 0.1) is 12.3 Å². The van der Waals surface area contributed by atoms with Crippen LogP contribution in [0.25, 0.3) is 0 Å². The molecule has 86 valence electrons. The Morgan fingerprint density at radius 1 is 1.60 bits per heavy atom. The van der Waals surface area contributed by atoms with Crippen molar-refractivity contribution < 1.29 is 5.11 Å². The van der Waals surface area contributed by atoms with Crippen molar-refractivity contribution in [3.8, 4) is 0 Å². The van der Waals surface area contributed by atoms with E-state index < -0.39 is 0 Å². The quantitative estimate of drug-likeness (QED) is 0.753. The molecule has 0 amide bonds. The van der Waals surface area contributed by atoms with Crippen molar-refractivity contribution in [3.05, 3.63) is 16.7 Å². The predicted octanol–water partition coefficient (Wildman–Crippen LogP) is 1.55. The van der Waals surface area contributed by atoms with Crippen molar-refractivity contribution in [1.29, 1.82) is 0 Å². The normalized spacial score (nSPS) is 13.4. The van der Waals surface area contributed by atoms with Crippen molar-refractivity contribution in [1.82, 2.24) is 14.5 Å². The Morgan fingerprint density at radius 3 is 2.80 bits per heavy atom. The van der Waals surface area contributed by atoms with Gasteiger partial charge in [-0.15, -0.1) is 0 Å². The van der Waals surface area contributed by atoms with Crippen LogP contribution in [0.1, 0.15) is 25.1 Å². The first-order chi connectivity index (χ1) is 7.06. The fourth-order valence-electron chi connectivity index (χ4n) is 1.59. The molecule has 1 atom stereocenters. The Hall–Kier alpha value is -0.650. The van der Waals surface area contributed by atoms with E-state index in [1.807, 2.05) is 4.57 Å². The summed E-state index contributed by atoms with van der Waals surface area (Å²) in [6.07, 6.45) is 2.79. The van der Waals surface area contributed by atoms with Gasteiger partial charge in [0, 0.05) is 12.2 Å². The first-order valence-electron chi connectivity index (χ1n) is 5.10. The molecule has 0 aliphatic heterocycles. The molecule has 2 N–H and O–H groups in total. The summed E-state index contributed by atoms with van der Waals surface area (Å²) in [5.74, 6) is 0. The van der Waals surface area contributed by atoms with Gasteiger partial charge in [-0.25, -0.2) is 0 Å². The van der Waals surface area contributed by atoms with Gasteiger partial charge in [-0.3, -0.25) is 0 Å². The van der Waals surface area contributed by atoms with Crippen LogP contribution in [0.4, 0.5) is 0 Å². The average molecular weight is 229 g/mol. The highest BCUT2D eigenvalue weighted by molar-refractivity contribution is 7.71. The van der Waals surface area contributed by atoms with E-state index in [0.29, 0.717) is 10.8 Å². The average Bonchev–Trinajstić information content (AvgIpc) is 2.56. The molecule has 0 aromatic carbocycles. The highest BCUT2D eigenvalue weighted by Gasteiger charge is 2.10. The SMILES string of the molecule is CC(CCN(C)C)n1c(CO)c[nH]c1=S.